The zero-order valence-corrected chi connectivity index (χ0v) is 16.2. The summed E-state index contributed by atoms with van der Waals surface area (Å²) in [5.41, 5.74) is 1.45. The van der Waals surface area contributed by atoms with E-state index in [1.807, 2.05) is 38.1 Å². The van der Waals surface area contributed by atoms with Crippen LogP contribution in [0.3, 0.4) is 0 Å². The fourth-order valence-corrected chi connectivity index (χ4v) is 3.94. The number of hydrogen-bond donors (Lipinski definition) is 2. The van der Waals surface area contributed by atoms with Gasteiger partial charge >= 0.3 is 0 Å². The van der Waals surface area contributed by atoms with Crippen molar-refractivity contribution in [1.29, 1.82) is 0 Å². The molecule has 27 heavy (non-hydrogen) atoms. The maximum absolute atomic E-state index is 12.2. The summed E-state index contributed by atoms with van der Waals surface area (Å²) >= 11 is 0. The zero-order chi connectivity index (χ0) is 19.4. The minimum absolute atomic E-state index is 0.0715. The Bertz CT molecular complexity index is 653. The molecule has 0 aromatic heterocycles. The monoisotopic (exact) mass is 374 g/mol. The second kappa shape index (κ2) is 8.85. The van der Waals surface area contributed by atoms with Crippen molar-refractivity contribution in [3.05, 3.63) is 29.8 Å². The van der Waals surface area contributed by atoms with Gasteiger partial charge in [-0.25, -0.2) is 0 Å². The van der Waals surface area contributed by atoms with Gasteiger partial charge in [0.1, 0.15) is 12.7 Å². The van der Waals surface area contributed by atoms with Crippen LogP contribution >= 0.6 is 0 Å². The lowest BCUT2D eigenvalue weighted by atomic mass is 9.99. The van der Waals surface area contributed by atoms with Crippen molar-refractivity contribution in [2.75, 3.05) is 25.1 Å². The molecule has 3 rings (SSSR count). The van der Waals surface area contributed by atoms with Crippen LogP contribution in [0.15, 0.2) is 24.3 Å². The lowest BCUT2D eigenvalue weighted by Gasteiger charge is -2.39. The second-order valence-electron chi connectivity index (χ2n) is 8.06. The number of anilines is 1. The highest BCUT2D eigenvalue weighted by Crippen LogP contribution is 2.28. The van der Waals surface area contributed by atoms with Gasteiger partial charge in [0, 0.05) is 18.2 Å². The molecule has 0 bridgehead atoms. The SMILES string of the molecule is CC(C)CN1C(=O)COCC1C(O)c1ccc(NC(=O)C2CCCC2)cc1. The predicted molar refractivity (Wildman–Crippen MR) is 103 cm³/mol. The summed E-state index contributed by atoms with van der Waals surface area (Å²) in [6.45, 7) is 5.09. The molecule has 1 saturated heterocycles. The number of hydrogen-bond acceptors (Lipinski definition) is 4. The Labute approximate surface area is 160 Å². The average molecular weight is 374 g/mol. The lowest BCUT2D eigenvalue weighted by molar-refractivity contribution is -0.155. The van der Waals surface area contributed by atoms with Crippen molar-refractivity contribution in [3.8, 4) is 0 Å². The molecule has 2 N–H and O–H groups in total. The maximum Gasteiger partial charge on any atom is 0.249 e. The predicted octanol–water partition coefficient (Wildman–Crippen LogP) is 2.73. The van der Waals surface area contributed by atoms with Crippen molar-refractivity contribution < 1.29 is 19.4 Å². The van der Waals surface area contributed by atoms with E-state index in [9.17, 15) is 14.7 Å². The van der Waals surface area contributed by atoms with Gasteiger partial charge in [0.2, 0.25) is 11.8 Å². The quantitative estimate of drug-likeness (QED) is 0.802. The standard InChI is InChI=1S/C21H30N2O4/c1-14(2)11-23-18(12-27-13-19(23)24)20(25)15-7-9-17(10-8-15)22-21(26)16-5-3-4-6-16/h7-10,14,16,18,20,25H,3-6,11-13H2,1-2H3,(H,22,26). The molecule has 1 aliphatic heterocycles. The minimum atomic E-state index is -0.826. The van der Waals surface area contributed by atoms with Gasteiger partial charge in [0.05, 0.1) is 12.6 Å². The third-order valence-corrected chi connectivity index (χ3v) is 5.41. The van der Waals surface area contributed by atoms with Gasteiger partial charge in [-0.1, -0.05) is 38.8 Å². The zero-order valence-electron chi connectivity index (χ0n) is 16.2. The number of rotatable bonds is 6. The highest BCUT2D eigenvalue weighted by atomic mass is 16.5. The van der Waals surface area contributed by atoms with Gasteiger partial charge in [0.15, 0.2) is 0 Å². The maximum atomic E-state index is 12.2. The van der Waals surface area contributed by atoms with Crippen LogP contribution in [0.1, 0.15) is 51.2 Å². The van der Waals surface area contributed by atoms with Crippen LogP contribution in [-0.4, -0.2) is 47.6 Å². The number of amides is 2. The third kappa shape index (κ3) is 4.87. The second-order valence-corrected chi connectivity index (χ2v) is 8.06. The van der Waals surface area contributed by atoms with Crippen LogP contribution in [-0.2, 0) is 14.3 Å². The summed E-state index contributed by atoms with van der Waals surface area (Å²) in [5.74, 6) is 0.426. The molecule has 6 nitrogen and oxygen atoms in total. The molecule has 2 unspecified atom stereocenters. The fourth-order valence-electron chi connectivity index (χ4n) is 3.94. The Hall–Kier alpha value is -1.92. The van der Waals surface area contributed by atoms with Gasteiger partial charge < -0.3 is 20.1 Å². The number of nitrogens with one attached hydrogen (secondary N) is 1. The summed E-state index contributed by atoms with van der Waals surface area (Å²) in [5, 5.41) is 13.8. The molecule has 6 heteroatoms. The van der Waals surface area contributed by atoms with Crippen LogP contribution in [0, 0.1) is 11.8 Å². The number of carbonyl (C=O) groups excluding carboxylic acids is 2. The molecule has 2 aliphatic rings. The summed E-state index contributed by atoms with van der Waals surface area (Å²) in [7, 11) is 0. The summed E-state index contributed by atoms with van der Waals surface area (Å²) < 4.78 is 5.37. The van der Waals surface area contributed by atoms with E-state index in [1.165, 1.54) is 0 Å². The van der Waals surface area contributed by atoms with Crippen molar-refractivity contribution >= 4 is 17.5 Å². The van der Waals surface area contributed by atoms with E-state index in [0.29, 0.717) is 24.6 Å². The average Bonchev–Trinajstić information content (AvgIpc) is 3.18. The summed E-state index contributed by atoms with van der Waals surface area (Å²) in [6.07, 6.45) is 3.34. The molecule has 0 spiro atoms. The molecule has 2 atom stereocenters. The van der Waals surface area contributed by atoms with E-state index in [2.05, 4.69) is 5.32 Å². The molecular formula is C21H30N2O4. The first-order valence-electron chi connectivity index (χ1n) is 9.92. The lowest BCUT2D eigenvalue weighted by Crippen LogP contribution is -2.53. The van der Waals surface area contributed by atoms with Crippen LogP contribution in [0.5, 0.6) is 0 Å². The first-order valence-corrected chi connectivity index (χ1v) is 9.92. The van der Waals surface area contributed by atoms with E-state index in [4.69, 9.17) is 4.74 Å². The molecule has 2 amide bonds. The molecule has 1 saturated carbocycles. The van der Waals surface area contributed by atoms with E-state index in [0.717, 1.165) is 31.4 Å². The number of aliphatic hydroxyl groups excluding tert-OH is 1. The Kier molecular flexibility index (Phi) is 6.50. The Morgan fingerprint density at radius 2 is 1.93 bits per heavy atom. The fraction of sp³-hybridized carbons (Fsp3) is 0.619. The van der Waals surface area contributed by atoms with E-state index >= 15 is 0 Å². The number of nitrogens with zero attached hydrogens (tertiary/aromatic N) is 1. The van der Waals surface area contributed by atoms with Gasteiger partial charge in [-0.05, 0) is 36.5 Å². The minimum Gasteiger partial charge on any atom is -0.386 e. The highest BCUT2D eigenvalue weighted by molar-refractivity contribution is 5.92. The van der Waals surface area contributed by atoms with E-state index in [-0.39, 0.29) is 24.3 Å². The molecule has 0 radical (unpaired) electrons. The molecule has 1 aromatic carbocycles. The number of aliphatic hydroxyl groups is 1. The molecule has 2 fully saturated rings. The van der Waals surface area contributed by atoms with Crippen LogP contribution in [0.2, 0.25) is 0 Å². The summed E-state index contributed by atoms with van der Waals surface area (Å²) in [4.78, 5) is 26.2. The van der Waals surface area contributed by atoms with E-state index < -0.39 is 12.1 Å². The summed E-state index contributed by atoms with van der Waals surface area (Å²) in [6, 6.07) is 6.84. The van der Waals surface area contributed by atoms with Gasteiger partial charge in [-0.15, -0.1) is 0 Å². The Balaban J connectivity index is 1.66. The van der Waals surface area contributed by atoms with Gasteiger partial charge in [-0.2, -0.15) is 0 Å². The topological polar surface area (TPSA) is 78.9 Å². The van der Waals surface area contributed by atoms with Crippen LogP contribution < -0.4 is 5.32 Å². The molecular weight excluding hydrogens is 344 g/mol. The third-order valence-electron chi connectivity index (χ3n) is 5.41. The first-order chi connectivity index (χ1) is 13.0. The number of carbonyl (C=O) groups is 2. The van der Waals surface area contributed by atoms with Crippen molar-refractivity contribution in [2.24, 2.45) is 11.8 Å². The molecule has 1 heterocycles. The number of ether oxygens (including phenoxy) is 1. The van der Waals surface area contributed by atoms with E-state index in [1.54, 1.807) is 4.90 Å². The van der Waals surface area contributed by atoms with Crippen molar-refractivity contribution in [2.45, 2.75) is 51.7 Å². The van der Waals surface area contributed by atoms with Gasteiger partial charge in [0.25, 0.3) is 0 Å². The largest absolute Gasteiger partial charge is 0.386 e. The number of benzene rings is 1. The van der Waals surface area contributed by atoms with Crippen LogP contribution in [0.4, 0.5) is 5.69 Å². The van der Waals surface area contributed by atoms with Crippen LogP contribution in [0.25, 0.3) is 0 Å². The first kappa shape index (κ1) is 19.8. The van der Waals surface area contributed by atoms with Gasteiger partial charge in [-0.3, -0.25) is 9.59 Å². The number of morpholine rings is 1. The normalized spacial score (nSPS) is 22.3. The molecule has 148 valence electrons. The Morgan fingerprint density at radius 3 is 2.56 bits per heavy atom. The smallest absolute Gasteiger partial charge is 0.249 e. The highest BCUT2D eigenvalue weighted by Gasteiger charge is 2.34. The molecule has 1 aliphatic carbocycles. The Morgan fingerprint density at radius 1 is 1.26 bits per heavy atom. The van der Waals surface area contributed by atoms with Crippen molar-refractivity contribution in [1.82, 2.24) is 4.90 Å². The van der Waals surface area contributed by atoms with Crippen molar-refractivity contribution in [3.63, 3.8) is 0 Å². The molecule has 1 aromatic rings.